The molecular weight excluding hydrogens is 260 g/mol. The van der Waals surface area contributed by atoms with E-state index in [1.165, 1.54) is 6.20 Å². The minimum absolute atomic E-state index is 0.0575. The van der Waals surface area contributed by atoms with Gasteiger partial charge in [-0.2, -0.15) is 0 Å². The van der Waals surface area contributed by atoms with Crippen LogP contribution in [0.4, 0.5) is 11.5 Å². The second kappa shape index (κ2) is 7.32. The Morgan fingerprint density at radius 2 is 2.20 bits per heavy atom. The van der Waals surface area contributed by atoms with Gasteiger partial charge in [0.2, 0.25) is 5.91 Å². The van der Waals surface area contributed by atoms with E-state index in [0.717, 1.165) is 0 Å². The van der Waals surface area contributed by atoms with Crippen LogP contribution in [0, 0.1) is 0 Å². The number of nitrogens with one attached hydrogen (secondary N) is 1. The van der Waals surface area contributed by atoms with E-state index in [1.807, 2.05) is 0 Å². The van der Waals surface area contributed by atoms with E-state index in [1.54, 1.807) is 32.0 Å². The van der Waals surface area contributed by atoms with E-state index in [0.29, 0.717) is 18.8 Å². The first kappa shape index (κ1) is 15.7. The molecule has 1 aromatic heterocycles. The molecule has 7 heteroatoms. The standard InChI is InChI=1S/C13H20N4O3/c1-4-20-13(19)9-7-11(16-8-10(9)14)17(3)6-5-12(18)15-2/h7-8H,4-6,14H2,1-3H3,(H,15,18). The molecule has 0 bridgehead atoms. The molecule has 0 unspecified atom stereocenters. The molecule has 7 nitrogen and oxygen atoms in total. The van der Waals surface area contributed by atoms with Crippen LogP contribution in [0.5, 0.6) is 0 Å². The van der Waals surface area contributed by atoms with E-state index >= 15 is 0 Å². The Balaban J connectivity index is 2.83. The number of hydrogen-bond acceptors (Lipinski definition) is 6. The molecule has 3 N–H and O–H groups in total. The molecule has 0 radical (unpaired) electrons. The quantitative estimate of drug-likeness (QED) is 0.733. The molecule has 0 atom stereocenters. The van der Waals surface area contributed by atoms with Crippen LogP contribution in [-0.4, -0.2) is 44.1 Å². The maximum absolute atomic E-state index is 11.7. The fourth-order valence-corrected chi connectivity index (χ4v) is 1.56. The molecule has 20 heavy (non-hydrogen) atoms. The lowest BCUT2D eigenvalue weighted by molar-refractivity contribution is -0.120. The topological polar surface area (TPSA) is 97.5 Å². The molecule has 110 valence electrons. The zero-order chi connectivity index (χ0) is 15.1. The average Bonchev–Trinajstić information content (AvgIpc) is 2.44. The lowest BCUT2D eigenvalue weighted by Gasteiger charge is -2.18. The van der Waals surface area contributed by atoms with Crippen molar-refractivity contribution in [1.82, 2.24) is 10.3 Å². The van der Waals surface area contributed by atoms with Gasteiger partial charge in [-0.05, 0) is 13.0 Å². The number of nitrogens with zero attached hydrogens (tertiary/aromatic N) is 2. The molecule has 1 heterocycles. The van der Waals surface area contributed by atoms with Crippen molar-refractivity contribution in [3.05, 3.63) is 17.8 Å². The van der Waals surface area contributed by atoms with Crippen LogP contribution in [0.3, 0.4) is 0 Å². The van der Waals surface area contributed by atoms with Crippen LogP contribution in [0.15, 0.2) is 12.3 Å². The number of amides is 1. The van der Waals surface area contributed by atoms with Crippen LogP contribution in [-0.2, 0) is 9.53 Å². The predicted octanol–water partition coefficient (Wildman–Crippen LogP) is 0.413. The lowest BCUT2D eigenvalue weighted by Crippen LogP contribution is -2.27. The first-order valence-electron chi connectivity index (χ1n) is 6.34. The summed E-state index contributed by atoms with van der Waals surface area (Å²) in [6.07, 6.45) is 1.76. The highest BCUT2D eigenvalue weighted by atomic mass is 16.5. The largest absolute Gasteiger partial charge is 0.462 e. The van der Waals surface area contributed by atoms with Gasteiger partial charge < -0.3 is 20.7 Å². The molecule has 0 saturated heterocycles. The molecule has 0 spiro atoms. The van der Waals surface area contributed by atoms with E-state index in [2.05, 4.69) is 10.3 Å². The number of rotatable bonds is 6. The van der Waals surface area contributed by atoms with Crippen molar-refractivity contribution in [3.63, 3.8) is 0 Å². The van der Waals surface area contributed by atoms with Crippen molar-refractivity contribution in [2.75, 3.05) is 37.9 Å². The summed E-state index contributed by atoms with van der Waals surface area (Å²) >= 11 is 0. The number of carbonyl (C=O) groups is 2. The zero-order valence-electron chi connectivity index (χ0n) is 12.0. The van der Waals surface area contributed by atoms with Gasteiger partial charge in [-0.3, -0.25) is 4.79 Å². The molecule has 1 amide bonds. The molecule has 0 saturated carbocycles. The van der Waals surface area contributed by atoms with Gasteiger partial charge in [0, 0.05) is 27.1 Å². The second-order valence-corrected chi connectivity index (χ2v) is 4.19. The monoisotopic (exact) mass is 280 g/mol. The van der Waals surface area contributed by atoms with Gasteiger partial charge in [0.25, 0.3) is 0 Å². The summed E-state index contributed by atoms with van der Waals surface area (Å²) in [7, 11) is 3.37. The number of aromatic nitrogens is 1. The SMILES string of the molecule is CCOC(=O)c1cc(N(C)CCC(=O)NC)ncc1N. The number of pyridine rings is 1. The maximum Gasteiger partial charge on any atom is 0.340 e. The Hall–Kier alpha value is -2.31. The molecule has 1 aromatic rings. The van der Waals surface area contributed by atoms with Crippen molar-refractivity contribution >= 4 is 23.4 Å². The third kappa shape index (κ3) is 4.11. The average molecular weight is 280 g/mol. The fraction of sp³-hybridized carbons (Fsp3) is 0.462. The van der Waals surface area contributed by atoms with Crippen LogP contribution in [0.2, 0.25) is 0 Å². The minimum Gasteiger partial charge on any atom is -0.462 e. The van der Waals surface area contributed by atoms with Gasteiger partial charge in [0.1, 0.15) is 5.82 Å². The van der Waals surface area contributed by atoms with E-state index in [4.69, 9.17) is 10.5 Å². The number of esters is 1. The smallest absolute Gasteiger partial charge is 0.340 e. The van der Waals surface area contributed by atoms with Crippen LogP contribution < -0.4 is 16.0 Å². The van der Waals surface area contributed by atoms with Gasteiger partial charge in [-0.15, -0.1) is 0 Å². The van der Waals surface area contributed by atoms with Crippen LogP contribution in [0.25, 0.3) is 0 Å². The van der Waals surface area contributed by atoms with Gasteiger partial charge in [0.05, 0.1) is 24.1 Å². The highest BCUT2D eigenvalue weighted by Crippen LogP contribution is 2.18. The van der Waals surface area contributed by atoms with E-state index < -0.39 is 5.97 Å². The summed E-state index contributed by atoms with van der Waals surface area (Å²) in [5.41, 5.74) is 6.27. The zero-order valence-corrected chi connectivity index (χ0v) is 12.0. The number of nitrogens with two attached hydrogens (primary N) is 1. The molecule has 0 aliphatic heterocycles. The summed E-state index contributed by atoms with van der Waals surface area (Å²) in [6, 6.07) is 1.57. The fourth-order valence-electron chi connectivity index (χ4n) is 1.56. The first-order chi connectivity index (χ1) is 9.49. The number of anilines is 2. The van der Waals surface area contributed by atoms with Gasteiger partial charge in [-0.1, -0.05) is 0 Å². The number of hydrogen-bond donors (Lipinski definition) is 2. The molecule has 0 aliphatic rings. The Morgan fingerprint density at radius 1 is 1.50 bits per heavy atom. The Kier molecular flexibility index (Phi) is 5.76. The van der Waals surface area contributed by atoms with Crippen molar-refractivity contribution < 1.29 is 14.3 Å². The highest BCUT2D eigenvalue weighted by molar-refractivity contribution is 5.95. The molecule has 0 aliphatic carbocycles. The molecule has 0 aromatic carbocycles. The Morgan fingerprint density at radius 3 is 2.80 bits per heavy atom. The lowest BCUT2D eigenvalue weighted by atomic mass is 10.2. The number of ether oxygens (including phenoxy) is 1. The Labute approximate surface area is 118 Å². The van der Waals surface area contributed by atoms with Crippen molar-refractivity contribution in [1.29, 1.82) is 0 Å². The van der Waals surface area contributed by atoms with E-state index in [9.17, 15) is 9.59 Å². The first-order valence-corrected chi connectivity index (χ1v) is 6.34. The molecule has 1 rings (SSSR count). The highest BCUT2D eigenvalue weighted by Gasteiger charge is 2.14. The summed E-state index contributed by atoms with van der Waals surface area (Å²) in [4.78, 5) is 28.9. The number of nitrogen functional groups attached to an aromatic ring is 1. The van der Waals surface area contributed by atoms with Crippen molar-refractivity contribution in [3.8, 4) is 0 Å². The summed E-state index contributed by atoms with van der Waals surface area (Å²) in [6.45, 7) is 2.49. The third-order valence-electron chi connectivity index (χ3n) is 2.76. The maximum atomic E-state index is 11.7. The summed E-state index contributed by atoms with van der Waals surface area (Å²) < 4.78 is 4.93. The molecular formula is C13H20N4O3. The van der Waals surface area contributed by atoms with Crippen molar-refractivity contribution in [2.45, 2.75) is 13.3 Å². The summed E-state index contributed by atoms with van der Waals surface area (Å²) in [5, 5.41) is 2.55. The van der Waals surface area contributed by atoms with Gasteiger partial charge >= 0.3 is 5.97 Å². The minimum atomic E-state index is -0.478. The molecule has 0 fully saturated rings. The van der Waals surface area contributed by atoms with Crippen LogP contribution in [0.1, 0.15) is 23.7 Å². The third-order valence-corrected chi connectivity index (χ3v) is 2.76. The van der Waals surface area contributed by atoms with Gasteiger partial charge in [-0.25, -0.2) is 9.78 Å². The normalized spacial score (nSPS) is 9.95. The Bertz CT molecular complexity index is 491. The van der Waals surface area contributed by atoms with Crippen molar-refractivity contribution in [2.24, 2.45) is 0 Å². The number of carbonyl (C=O) groups excluding carboxylic acids is 2. The second-order valence-electron chi connectivity index (χ2n) is 4.19. The van der Waals surface area contributed by atoms with Gasteiger partial charge in [0.15, 0.2) is 0 Å². The predicted molar refractivity (Wildman–Crippen MR) is 76.6 cm³/mol. The summed E-state index contributed by atoms with van der Waals surface area (Å²) in [5.74, 6) is 0.0254. The van der Waals surface area contributed by atoms with E-state index in [-0.39, 0.29) is 23.8 Å². The van der Waals surface area contributed by atoms with Crippen LogP contribution >= 0.6 is 0 Å².